The zero-order valence-electron chi connectivity index (χ0n) is 11.2. The lowest BCUT2D eigenvalue weighted by Gasteiger charge is -2.09. The molecular weight excluding hydrogens is 264 g/mol. The Morgan fingerprint density at radius 1 is 1.32 bits per heavy atom. The average Bonchev–Trinajstić information content (AvgIpc) is 2.39. The first-order valence-electron chi connectivity index (χ1n) is 6.29. The van der Waals surface area contributed by atoms with Gasteiger partial charge in [0.1, 0.15) is 0 Å². The number of hydrogen-bond acceptors (Lipinski definition) is 2. The molecule has 1 rings (SSSR count). The minimum absolute atomic E-state index is 0.0697. The van der Waals surface area contributed by atoms with Crippen molar-refractivity contribution in [2.45, 2.75) is 20.3 Å². The highest BCUT2D eigenvalue weighted by molar-refractivity contribution is 6.17. The van der Waals surface area contributed by atoms with E-state index in [0.29, 0.717) is 23.7 Å². The second kappa shape index (κ2) is 7.79. The number of anilines is 1. The van der Waals surface area contributed by atoms with E-state index in [0.717, 1.165) is 6.42 Å². The Hall–Kier alpha value is -1.55. The second-order valence-electron chi connectivity index (χ2n) is 4.52. The summed E-state index contributed by atoms with van der Waals surface area (Å²) in [5.41, 5.74) is 1.15. The van der Waals surface area contributed by atoms with Crippen LogP contribution in [-0.2, 0) is 4.79 Å². The summed E-state index contributed by atoms with van der Waals surface area (Å²) in [7, 11) is 0. The predicted molar refractivity (Wildman–Crippen MR) is 77.6 cm³/mol. The quantitative estimate of drug-likeness (QED) is 0.622. The van der Waals surface area contributed by atoms with Gasteiger partial charge in [0.2, 0.25) is 5.91 Å². The van der Waals surface area contributed by atoms with Crippen LogP contribution in [0.1, 0.15) is 30.6 Å². The van der Waals surface area contributed by atoms with E-state index in [1.165, 1.54) is 0 Å². The molecule has 2 amide bonds. The lowest BCUT2D eigenvalue weighted by atomic mass is 10.1. The molecule has 0 spiro atoms. The molecule has 0 aromatic heterocycles. The fraction of sp³-hybridized carbons (Fsp3) is 0.429. The highest BCUT2D eigenvalue weighted by Gasteiger charge is 2.09. The number of halogens is 1. The van der Waals surface area contributed by atoms with Gasteiger partial charge in [0.25, 0.3) is 5.91 Å². The van der Waals surface area contributed by atoms with Gasteiger partial charge in [-0.15, -0.1) is 11.6 Å². The topological polar surface area (TPSA) is 58.2 Å². The van der Waals surface area contributed by atoms with Crippen LogP contribution >= 0.6 is 11.6 Å². The molecule has 0 saturated carbocycles. The maximum Gasteiger partial charge on any atom is 0.251 e. The van der Waals surface area contributed by atoms with E-state index in [2.05, 4.69) is 10.6 Å². The van der Waals surface area contributed by atoms with E-state index in [4.69, 9.17) is 11.6 Å². The molecule has 0 unspecified atom stereocenters. The minimum Gasteiger partial charge on any atom is -0.352 e. The zero-order valence-corrected chi connectivity index (χ0v) is 12.0. The monoisotopic (exact) mass is 282 g/mol. The highest BCUT2D eigenvalue weighted by Crippen LogP contribution is 2.12. The number of amides is 2. The van der Waals surface area contributed by atoms with Gasteiger partial charge in [-0.3, -0.25) is 9.59 Å². The smallest absolute Gasteiger partial charge is 0.251 e. The first-order valence-corrected chi connectivity index (χ1v) is 6.83. The third-order valence-electron chi connectivity index (χ3n) is 2.51. The number of alkyl halides is 1. The van der Waals surface area contributed by atoms with Crippen molar-refractivity contribution in [2.24, 2.45) is 5.92 Å². The summed E-state index contributed by atoms with van der Waals surface area (Å²) < 4.78 is 0. The van der Waals surface area contributed by atoms with Crippen LogP contribution in [0.25, 0.3) is 0 Å². The summed E-state index contributed by atoms with van der Waals surface area (Å²) in [6.45, 7) is 4.18. The van der Waals surface area contributed by atoms with Crippen molar-refractivity contribution in [2.75, 3.05) is 17.7 Å². The largest absolute Gasteiger partial charge is 0.352 e. The maximum atomic E-state index is 11.8. The lowest BCUT2D eigenvalue weighted by molar-refractivity contribution is -0.118. The fourth-order valence-electron chi connectivity index (χ4n) is 1.40. The third-order valence-corrected chi connectivity index (χ3v) is 2.78. The fourth-order valence-corrected chi connectivity index (χ4v) is 1.53. The number of carbonyl (C=O) groups excluding carboxylic acids is 2. The summed E-state index contributed by atoms with van der Waals surface area (Å²) in [5, 5.41) is 5.53. The Kier molecular flexibility index (Phi) is 6.36. The standard InChI is InChI=1S/C14H19ClN2O2/c1-10(2)13(18)17-12-6-3-5-11(9-12)14(19)16-8-4-7-15/h3,5-6,9-10H,4,7-8H2,1-2H3,(H,16,19)(H,17,18). The van der Waals surface area contributed by atoms with E-state index in [1.807, 2.05) is 13.8 Å². The molecule has 0 heterocycles. The Morgan fingerprint density at radius 3 is 2.68 bits per heavy atom. The SMILES string of the molecule is CC(C)C(=O)Nc1cccc(C(=O)NCCCCl)c1. The molecule has 0 aliphatic heterocycles. The van der Waals surface area contributed by atoms with E-state index in [9.17, 15) is 9.59 Å². The summed E-state index contributed by atoms with van der Waals surface area (Å²) in [5.74, 6) is 0.191. The molecular formula is C14H19ClN2O2. The molecule has 0 fully saturated rings. The van der Waals surface area contributed by atoms with Crippen LogP contribution in [0.2, 0.25) is 0 Å². The summed E-state index contributed by atoms with van der Waals surface area (Å²) in [6, 6.07) is 6.87. The van der Waals surface area contributed by atoms with Crippen LogP contribution in [0.4, 0.5) is 5.69 Å². The van der Waals surface area contributed by atoms with E-state index in [-0.39, 0.29) is 17.7 Å². The first-order chi connectivity index (χ1) is 9.04. The van der Waals surface area contributed by atoms with Crippen LogP contribution in [0.3, 0.4) is 0 Å². The molecule has 4 nitrogen and oxygen atoms in total. The minimum atomic E-state index is -0.161. The number of benzene rings is 1. The van der Waals surface area contributed by atoms with Crippen molar-refractivity contribution in [1.82, 2.24) is 5.32 Å². The van der Waals surface area contributed by atoms with Gasteiger partial charge in [-0.05, 0) is 24.6 Å². The Morgan fingerprint density at radius 2 is 2.05 bits per heavy atom. The van der Waals surface area contributed by atoms with Crippen molar-refractivity contribution >= 4 is 29.1 Å². The van der Waals surface area contributed by atoms with E-state index >= 15 is 0 Å². The van der Waals surface area contributed by atoms with Crippen molar-refractivity contribution < 1.29 is 9.59 Å². The summed E-state index contributed by atoms with van der Waals surface area (Å²) in [4.78, 5) is 23.4. The van der Waals surface area contributed by atoms with Crippen LogP contribution < -0.4 is 10.6 Å². The number of carbonyl (C=O) groups is 2. The molecule has 0 aliphatic rings. The molecule has 1 aromatic carbocycles. The van der Waals surface area contributed by atoms with Crippen LogP contribution in [0, 0.1) is 5.92 Å². The zero-order chi connectivity index (χ0) is 14.3. The lowest BCUT2D eigenvalue weighted by Crippen LogP contribution is -2.25. The van der Waals surface area contributed by atoms with Gasteiger partial charge in [0.15, 0.2) is 0 Å². The van der Waals surface area contributed by atoms with Crippen molar-refractivity contribution in [3.63, 3.8) is 0 Å². The molecule has 0 bridgehead atoms. The van der Waals surface area contributed by atoms with Gasteiger partial charge in [-0.1, -0.05) is 19.9 Å². The molecule has 19 heavy (non-hydrogen) atoms. The first kappa shape index (κ1) is 15.5. The molecule has 5 heteroatoms. The number of nitrogens with one attached hydrogen (secondary N) is 2. The molecule has 0 aliphatic carbocycles. The number of rotatable bonds is 6. The molecule has 104 valence electrons. The predicted octanol–water partition coefficient (Wildman–Crippen LogP) is 2.64. The van der Waals surface area contributed by atoms with Gasteiger partial charge in [-0.25, -0.2) is 0 Å². The number of hydrogen-bond donors (Lipinski definition) is 2. The van der Waals surface area contributed by atoms with Crippen molar-refractivity contribution in [1.29, 1.82) is 0 Å². The third kappa shape index (κ3) is 5.30. The van der Waals surface area contributed by atoms with Crippen LogP contribution in [0.15, 0.2) is 24.3 Å². The summed E-state index contributed by atoms with van der Waals surface area (Å²) in [6.07, 6.45) is 0.733. The Labute approximate surface area is 118 Å². The van der Waals surface area contributed by atoms with Crippen molar-refractivity contribution in [3.8, 4) is 0 Å². The average molecular weight is 283 g/mol. The molecule has 0 atom stereocenters. The van der Waals surface area contributed by atoms with Gasteiger partial charge in [0, 0.05) is 29.6 Å². The highest BCUT2D eigenvalue weighted by atomic mass is 35.5. The van der Waals surface area contributed by atoms with Crippen LogP contribution in [-0.4, -0.2) is 24.2 Å². The van der Waals surface area contributed by atoms with Gasteiger partial charge in [0.05, 0.1) is 0 Å². The Bertz CT molecular complexity index is 447. The van der Waals surface area contributed by atoms with E-state index < -0.39 is 0 Å². The molecule has 1 aromatic rings. The maximum absolute atomic E-state index is 11.8. The normalized spacial score (nSPS) is 10.3. The van der Waals surface area contributed by atoms with Gasteiger partial charge < -0.3 is 10.6 Å². The molecule has 2 N–H and O–H groups in total. The molecule has 0 radical (unpaired) electrons. The van der Waals surface area contributed by atoms with Crippen molar-refractivity contribution in [3.05, 3.63) is 29.8 Å². The Balaban J connectivity index is 2.66. The van der Waals surface area contributed by atoms with Gasteiger partial charge >= 0.3 is 0 Å². The molecule has 0 saturated heterocycles. The summed E-state index contributed by atoms with van der Waals surface area (Å²) >= 11 is 5.54. The van der Waals surface area contributed by atoms with E-state index in [1.54, 1.807) is 24.3 Å². The van der Waals surface area contributed by atoms with Crippen LogP contribution in [0.5, 0.6) is 0 Å². The van der Waals surface area contributed by atoms with Gasteiger partial charge in [-0.2, -0.15) is 0 Å². The second-order valence-corrected chi connectivity index (χ2v) is 4.90.